The van der Waals surface area contributed by atoms with E-state index in [1.165, 1.54) is 0 Å². The quantitative estimate of drug-likeness (QED) is 0.628. The summed E-state index contributed by atoms with van der Waals surface area (Å²) in [5.74, 6) is -1.09. The topological polar surface area (TPSA) is 44.8 Å². The summed E-state index contributed by atoms with van der Waals surface area (Å²) in [5.41, 5.74) is -1.49. The molecule has 1 unspecified atom stereocenters. The maximum atomic E-state index is 11.8. The summed E-state index contributed by atoms with van der Waals surface area (Å²) in [5, 5.41) is 0. The average molecular weight is 216 g/mol. The molecule has 0 spiro atoms. The molecule has 1 aliphatic rings. The molecule has 4 nitrogen and oxygen atoms in total. The molecule has 1 fully saturated rings. The third kappa shape index (κ3) is 3.18. The SMILES string of the molecule is CC(C)(C)OC(=O)C1(C)COC(C)(C)O1. The van der Waals surface area contributed by atoms with E-state index in [0.717, 1.165) is 0 Å². The molecule has 0 aliphatic carbocycles. The standard InChI is InChI=1S/C11H20O4/c1-9(2,3)14-8(12)11(6)7-13-10(4,5)15-11/h7H2,1-6H3. The number of esters is 1. The fourth-order valence-electron chi connectivity index (χ4n) is 1.40. The Bertz CT molecular complexity index is 264. The molecule has 1 heterocycles. The lowest BCUT2D eigenvalue weighted by molar-refractivity contribution is -0.194. The van der Waals surface area contributed by atoms with E-state index in [4.69, 9.17) is 14.2 Å². The Kier molecular flexibility index (Phi) is 2.87. The van der Waals surface area contributed by atoms with Crippen molar-refractivity contribution in [2.45, 2.75) is 58.5 Å². The molecule has 0 aromatic carbocycles. The van der Waals surface area contributed by atoms with Gasteiger partial charge >= 0.3 is 5.97 Å². The number of carbonyl (C=O) groups excluding carboxylic acids is 1. The van der Waals surface area contributed by atoms with Crippen LogP contribution in [0.1, 0.15) is 41.5 Å². The van der Waals surface area contributed by atoms with Crippen molar-refractivity contribution in [3.8, 4) is 0 Å². The van der Waals surface area contributed by atoms with Crippen molar-refractivity contribution >= 4 is 5.97 Å². The predicted molar refractivity (Wildman–Crippen MR) is 55.4 cm³/mol. The zero-order valence-electron chi connectivity index (χ0n) is 10.3. The highest BCUT2D eigenvalue weighted by molar-refractivity contribution is 5.80. The molecule has 0 aromatic heterocycles. The van der Waals surface area contributed by atoms with Gasteiger partial charge in [-0.2, -0.15) is 0 Å². The lowest BCUT2D eigenvalue weighted by atomic mass is 10.1. The molecule has 1 saturated heterocycles. The van der Waals surface area contributed by atoms with Gasteiger partial charge in [-0.3, -0.25) is 0 Å². The van der Waals surface area contributed by atoms with Gasteiger partial charge in [0.1, 0.15) is 5.60 Å². The van der Waals surface area contributed by atoms with E-state index in [-0.39, 0.29) is 12.6 Å². The molecule has 0 radical (unpaired) electrons. The summed E-state index contributed by atoms with van der Waals surface area (Å²) in [7, 11) is 0. The van der Waals surface area contributed by atoms with Crippen molar-refractivity contribution < 1.29 is 19.0 Å². The lowest BCUT2D eigenvalue weighted by Gasteiger charge is -2.28. The van der Waals surface area contributed by atoms with Crippen molar-refractivity contribution in [2.24, 2.45) is 0 Å². The van der Waals surface area contributed by atoms with Crippen molar-refractivity contribution in [2.75, 3.05) is 6.61 Å². The summed E-state index contributed by atoms with van der Waals surface area (Å²) < 4.78 is 16.2. The fraction of sp³-hybridized carbons (Fsp3) is 0.909. The molecular formula is C11H20O4. The van der Waals surface area contributed by atoms with E-state index < -0.39 is 17.0 Å². The molecule has 1 atom stereocenters. The molecule has 88 valence electrons. The first kappa shape index (κ1) is 12.5. The van der Waals surface area contributed by atoms with Crippen LogP contribution in [-0.2, 0) is 19.0 Å². The summed E-state index contributed by atoms with van der Waals surface area (Å²) in [6, 6.07) is 0. The number of ether oxygens (including phenoxy) is 3. The van der Waals surface area contributed by atoms with E-state index in [1.807, 2.05) is 20.8 Å². The van der Waals surface area contributed by atoms with Gasteiger partial charge in [0.15, 0.2) is 11.4 Å². The van der Waals surface area contributed by atoms with Gasteiger partial charge < -0.3 is 14.2 Å². The van der Waals surface area contributed by atoms with Crippen LogP contribution in [0, 0.1) is 0 Å². The normalized spacial score (nSPS) is 30.3. The Balaban J connectivity index is 2.69. The smallest absolute Gasteiger partial charge is 0.341 e. The van der Waals surface area contributed by atoms with Gasteiger partial charge in [-0.1, -0.05) is 0 Å². The van der Waals surface area contributed by atoms with E-state index in [2.05, 4.69) is 0 Å². The van der Waals surface area contributed by atoms with E-state index >= 15 is 0 Å². The number of carbonyl (C=O) groups is 1. The molecule has 15 heavy (non-hydrogen) atoms. The van der Waals surface area contributed by atoms with Crippen LogP contribution in [0.15, 0.2) is 0 Å². The van der Waals surface area contributed by atoms with Crippen LogP contribution in [0.2, 0.25) is 0 Å². The minimum Gasteiger partial charge on any atom is -0.458 e. The van der Waals surface area contributed by atoms with Crippen LogP contribution in [-0.4, -0.2) is 29.6 Å². The van der Waals surface area contributed by atoms with Crippen LogP contribution in [0.5, 0.6) is 0 Å². The Labute approximate surface area is 90.9 Å². The Morgan fingerprint density at radius 1 is 1.27 bits per heavy atom. The van der Waals surface area contributed by atoms with Gasteiger partial charge in [-0.15, -0.1) is 0 Å². The van der Waals surface area contributed by atoms with Crippen molar-refractivity contribution in [3.05, 3.63) is 0 Å². The Morgan fingerprint density at radius 3 is 2.13 bits per heavy atom. The van der Waals surface area contributed by atoms with Crippen LogP contribution < -0.4 is 0 Å². The Morgan fingerprint density at radius 2 is 1.80 bits per heavy atom. The van der Waals surface area contributed by atoms with Gasteiger partial charge in [0.25, 0.3) is 0 Å². The number of rotatable bonds is 1. The summed E-state index contributed by atoms with van der Waals surface area (Å²) in [4.78, 5) is 11.8. The van der Waals surface area contributed by atoms with Crippen LogP contribution in [0.25, 0.3) is 0 Å². The third-order valence-corrected chi connectivity index (χ3v) is 2.00. The molecule has 0 amide bonds. The molecule has 0 saturated carbocycles. The summed E-state index contributed by atoms with van der Waals surface area (Å²) in [6.45, 7) is 11.0. The minimum absolute atomic E-state index is 0.231. The highest BCUT2D eigenvalue weighted by Crippen LogP contribution is 2.32. The lowest BCUT2D eigenvalue weighted by Crippen LogP contribution is -2.44. The molecular weight excluding hydrogens is 196 g/mol. The zero-order valence-corrected chi connectivity index (χ0v) is 10.3. The first-order chi connectivity index (χ1) is 6.54. The highest BCUT2D eigenvalue weighted by atomic mass is 16.8. The van der Waals surface area contributed by atoms with Crippen molar-refractivity contribution in [3.63, 3.8) is 0 Å². The number of hydrogen-bond donors (Lipinski definition) is 0. The van der Waals surface area contributed by atoms with Crippen LogP contribution in [0.4, 0.5) is 0 Å². The second-order valence-corrected chi connectivity index (χ2v) is 5.52. The van der Waals surface area contributed by atoms with Gasteiger partial charge in [0.05, 0.1) is 6.61 Å². The average Bonchev–Trinajstić information content (AvgIpc) is 2.23. The predicted octanol–water partition coefficient (Wildman–Crippen LogP) is 1.87. The van der Waals surface area contributed by atoms with Gasteiger partial charge in [0.2, 0.25) is 0 Å². The van der Waals surface area contributed by atoms with E-state index in [1.54, 1.807) is 20.8 Å². The van der Waals surface area contributed by atoms with Crippen LogP contribution in [0.3, 0.4) is 0 Å². The minimum atomic E-state index is -0.989. The van der Waals surface area contributed by atoms with Crippen LogP contribution >= 0.6 is 0 Å². The Hall–Kier alpha value is -0.610. The zero-order chi connectivity index (χ0) is 11.9. The summed E-state index contributed by atoms with van der Waals surface area (Å²) >= 11 is 0. The van der Waals surface area contributed by atoms with E-state index in [9.17, 15) is 4.79 Å². The van der Waals surface area contributed by atoms with Crippen molar-refractivity contribution in [1.82, 2.24) is 0 Å². The van der Waals surface area contributed by atoms with Gasteiger partial charge in [0, 0.05) is 0 Å². The second kappa shape index (κ2) is 3.46. The first-order valence-electron chi connectivity index (χ1n) is 5.12. The van der Waals surface area contributed by atoms with Gasteiger partial charge in [-0.05, 0) is 41.5 Å². The second-order valence-electron chi connectivity index (χ2n) is 5.52. The molecule has 1 aliphatic heterocycles. The molecule has 0 N–H and O–H groups in total. The summed E-state index contributed by atoms with van der Waals surface area (Å²) in [6.07, 6.45) is 0. The number of hydrogen-bond acceptors (Lipinski definition) is 4. The molecule has 0 bridgehead atoms. The fourth-order valence-corrected chi connectivity index (χ4v) is 1.40. The maximum absolute atomic E-state index is 11.8. The van der Waals surface area contributed by atoms with Crippen molar-refractivity contribution in [1.29, 1.82) is 0 Å². The molecule has 4 heteroatoms. The largest absolute Gasteiger partial charge is 0.458 e. The third-order valence-electron chi connectivity index (χ3n) is 2.00. The van der Waals surface area contributed by atoms with Gasteiger partial charge in [-0.25, -0.2) is 4.79 Å². The first-order valence-corrected chi connectivity index (χ1v) is 5.12. The molecule has 1 rings (SSSR count). The monoisotopic (exact) mass is 216 g/mol. The highest BCUT2D eigenvalue weighted by Gasteiger charge is 2.49. The maximum Gasteiger partial charge on any atom is 0.341 e. The molecule has 0 aromatic rings. The van der Waals surface area contributed by atoms with E-state index in [0.29, 0.717) is 0 Å².